The number of nitrogens with one attached hydrogen (secondary N) is 1. The van der Waals surface area contributed by atoms with E-state index in [1.54, 1.807) is 55.7 Å². The number of carbonyl (C=O) groups is 4. The Balaban J connectivity index is 1.50. The number of ether oxygens (including phenoxy) is 3. The van der Waals surface area contributed by atoms with Crippen molar-refractivity contribution in [3.63, 3.8) is 0 Å². The van der Waals surface area contributed by atoms with E-state index in [1.165, 1.54) is 9.80 Å². The highest BCUT2D eigenvalue weighted by Gasteiger charge is 2.77. The molecule has 3 aliphatic rings. The monoisotopic (exact) mass is 737 g/mol. The Labute approximate surface area is 295 Å². The highest BCUT2D eigenvalue weighted by Crippen LogP contribution is 2.61. The number of allylic oxidation sites excluding steroid dienone is 1. The zero-order valence-corrected chi connectivity index (χ0v) is 29.4. The van der Waals surface area contributed by atoms with E-state index >= 15 is 0 Å². The van der Waals surface area contributed by atoms with E-state index in [2.05, 4.69) is 34.4 Å². The zero-order chi connectivity index (χ0) is 35.3. The molecule has 3 aliphatic heterocycles. The van der Waals surface area contributed by atoms with Gasteiger partial charge >= 0.3 is 5.97 Å². The molecular formula is C37H44BrN3O8. The van der Waals surface area contributed by atoms with Crippen molar-refractivity contribution in [2.24, 2.45) is 11.8 Å². The summed E-state index contributed by atoms with van der Waals surface area (Å²) in [6, 6.07) is 14.2. The quantitative estimate of drug-likeness (QED) is 0.150. The number of halogens is 1. The summed E-state index contributed by atoms with van der Waals surface area (Å²) in [5, 5.41) is 13.3. The van der Waals surface area contributed by atoms with Gasteiger partial charge in [-0.1, -0.05) is 65.3 Å². The number of rotatable bonds is 16. The zero-order valence-electron chi connectivity index (χ0n) is 27.8. The second-order valence-corrected chi connectivity index (χ2v) is 13.7. The van der Waals surface area contributed by atoms with Gasteiger partial charge in [0.05, 0.1) is 44.2 Å². The molecular weight excluding hydrogens is 694 g/mol. The van der Waals surface area contributed by atoms with Crippen molar-refractivity contribution in [3.05, 3.63) is 85.5 Å². The van der Waals surface area contributed by atoms with Crippen molar-refractivity contribution >= 4 is 45.3 Å². The largest absolute Gasteiger partial charge is 0.497 e. The molecule has 49 heavy (non-hydrogen) atoms. The van der Waals surface area contributed by atoms with Crippen molar-refractivity contribution in [1.82, 2.24) is 10.2 Å². The van der Waals surface area contributed by atoms with Crippen molar-refractivity contribution in [3.8, 4) is 5.75 Å². The fraction of sp³-hybridized carbons (Fsp3) is 0.459. The lowest BCUT2D eigenvalue weighted by Gasteiger charge is -2.39. The Kier molecular flexibility index (Phi) is 11.6. The fourth-order valence-corrected chi connectivity index (χ4v) is 8.37. The second-order valence-electron chi connectivity index (χ2n) is 12.6. The molecule has 0 aliphatic carbocycles. The number of benzene rings is 2. The number of methoxy groups -OCH3 is 1. The van der Waals surface area contributed by atoms with Crippen LogP contribution in [0.25, 0.3) is 0 Å². The predicted molar refractivity (Wildman–Crippen MR) is 187 cm³/mol. The van der Waals surface area contributed by atoms with Gasteiger partial charge in [-0.2, -0.15) is 0 Å². The number of nitrogens with zero attached hydrogens (tertiary/aromatic N) is 2. The molecule has 2 bridgehead atoms. The molecule has 0 saturated carbocycles. The molecule has 11 nitrogen and oxygen atoms in total. The minimum atomic E-state index is -1.37. The summed E-state index contributed by atoms with van der Waals surface area (Å²) in [6.07, 6.45) is 3.08. The lowest BCUT2D eigenvalue weighted by molar-refractivity contribution is -0.160. The third kappa shape index (κ3) is 6.91. The van der Waals surface area contributed by atoms with Crippen molar-refractivity contribution in [2.75, 3.05) is 31.7 Å². The summed E-state index contributed by atoms with van der Waals surface area (Å²) in [7, 11) is 1.55. The summed E-state index contributed by atoms with van der Waals surface area (Å²) in [4.78, 5) is 58.7. The van der Waals surface area contributed by atoms with E-state index in [4.69, 9.17) is 14.2 Å². The molecule has 3 saturated heterocycles. The number of esters is 1. The highest BCUT2D eigenvalue weighted by molar-refractivity contribution is 9.09. The maximum atomic E-state index is 14.8. The van der Waals surface area contributed by atoms with Gasteiger partial charge in [0.1, 0.15) is 23.5 Å². The molecule has 0 radical (unpaired) electrons. The molecule has 2 aromatic rings. The average Bonchev–Trinajstić information content (AvgIpc) is 3.72. The number of aliphatic hydroxyl groups excluding tert-OH is 1. The van der Waals surface area contributed by atoms with Gasteiger partial charge < -0.3 is 34.4 Å². The van der Waals surface area contributed by atoms with Gasteiger partial charge in [0.15, 0.2) is 0 Å². The minimum Gasteiger partial charge on any atom is -0.497 e. The molecule has 2 aromatic carbocycles. The lowest BCUT2D eigenvalue weighted by Crippen LogP contribution is -2.59. The molecule has 5 rings (SSSR count). The van der Waals surface area contributed by atoms with E-state index in [0.29, 0.717) is 36.3 Å². The lowest BCUT2D eigenvalue weighted by atomic mass is 9.70. The molecule has 12 heteroatoms. The third-order valence-electron chi connectivity index (χ3n) is 9.76. The number of alkyl halides is 1. The van der Waals surface area contributed by atoms with Crippen LogP contribution >= 0.6 is 15.9 Å². The maximum absolute atomic E-state index is 14.8. The van der Waals surface area contributed by atoms with Crippen LogP contribution in [0.2, 0.25) is 0 Å². The Morgan fingerprint density at radius 2 is 1.88 bits per heavy atom. The first-order valence-electron chi connectivity index (χ1n) is 16.6. The first kappa shape index (κ1) is 36.3. The molecule has 1 spiro atoms. The molecule has 8 atom stereocenters. The Morgan fingerprint density at radius 1 is 1.16 bits per heavy atom. The van der Waals surface area contributed by atoms with E-state index < -0.39 is 59.5 Å². The normalized spacial score (nSPS) is 26.4. The second kappa shape index (κ2) is 15.7. The van der Waals surface area contributed by atoms with Crippen molar-refractivity contribution < 1.29 is 38.5 Å². The molecule has 262 valence electrons. The molecule has 2 N–H and O–H groups in total. The van der Waals surface area contributed by atoms with Gasteiger partial charge in [0, 0.05) is 23.5 Å². The topological polar surface area (TPSA) is 135 Å². The number of likely N-dealkylation sites (tertiary alicyclic amines) is 1. The van der Waals surface area contributed by atoms with Gasteiger partial charge in [-0.15, -0.1) is 13.2 Å². The number of carbonyl (C=O) groups excluding carboxylic acids is 4. The standard InChI is InChI=1S/C37H44BrN3O8/c1-5-8-14-29(43)39-21-28(23-12-10-9-11-13-23)48-36(46)30-31-34(44)41(24(7-3)22-42)33(37(31)20-27(38)32(30)49-37)35(45)40(19-6-2)25-15-17-26(47-4)18-16-25/h5-6,9-13,15-18,24,27-28,30-33,42H,1-2,7-8,14,19-22H2,3-4H3,(H,39,43)/t24-,27?,28-,30+,31-,32+,33+,37-/m0/s1. The van der Waals surface area contributed by atoms with Gasteiger partial charge in [0.2, 0.25) is 11.8 Å². The van der Waals surface area contributed by atoms with Crippen LogP contribution in [0, 0.1) is 11.8 Å². The average molecular weight is 739 g/mol. The van der Waals surface area contributed by atoms with Gasteiger partial charge in [-0.05, 0) is 49.1 Å². The molecule has 0 aromatic heterocycles. The summed E-state index contributed by atoms with van der Waals surface area (Å²) in [5.41, 5.74) is -0.131. The smallest absolute Gasteiger partial charge is 0.313 e. The Morgan fingerprint density at radius 3 is 2.49 bits per heavy atom. The van der Waals surface area contributed by atoms with Crippen LogP contribution in [0.1, 0.15) is 44.3 Å². The van der Waals surface area contributed by atoms with Crippen LogP contribution in [-0.4, -0.2) is 89.1 Å². The van der Waals surface area contributed by atoms with E-state index in [9.17, 15) is 24.3 Å². The number of hydrogen-bond acceptors (Lipinski definition) is 8. The molecule has 3 amide bonds. The van der Waals surface area contributed by atoms with Crippen molar-refractivity contribution in [2.45, 2.75) is 67.3 Å². The van der Waals surface area contributed by atoms with Gasteiger partial charge in [-0.3, -0.25) is 19.2 Å². The number of amides is 3. The van der Waals surface area contributed by atoms with Crippen LogP contribution in [0.5, 0.6) is 5.75 Å². The summed E-state index contributed by atoms with van der Waals surface area (Å²) in [6.45, 7) is 9.13. The minimum absolute atomic E-state index is 0.0273. The third-order valence-corrected chi connectivity index (χ3v) is 10.6. The number of fused-ring (bicyclic) bond motifs is 1. The van der Waals surface area contributed by atoms with E-state index in [1.807, 2.05) is 25.1 Å². The number of anilines is 1. The fourth-order valence-electron chi connectivity index (χ4n) is 7.43. The molecule has 3 fully saturated rings. The van der Waals surface area contributed by atoms with Crippen LogP contribution in [0.4, 0.5) is 5.69 Å². The van der Waals surface area contributed by atoms with Crippen LogP contribution < -0.4 is 15.0 Å². The Hall–Kier alpha value is -4.00. The Bertz CT molecular complexity index is 1530. The first-order chi connectivity index (χ1) is 23.6. The SMILES string of the molecule is C=CCCC(=O)NC[C@H](OC(=O)[C@H]1[C@@H]2O[C@@]3(CC2Br)[C@@H]1C(=O)N([C@@H](CC)CO)[C@@H]3C(=O)N(CC=C)c1ccc(OC)cc1)c1ccccc1. The van der Waals surface area contributed by atoms with Crippen molar-refractivity contribution in [1.29, 1.82) is 0 Å². The van der Waals surface area contributed by atoms with E-state index in [-0.39, 0.29) is 36.9 Å². The van der Waals surface area contributed by atoms with Crippen LogP contribution in [-0.2, 0) is 28.7 Å². The summed E-state index contributed by atoms with van der Waals surface area (Å²) < 4.78 is 18.1. The number of aliphatic hydroxyl groups is 1. The molecule has 3 heterocycles. The van der Waals surface area contributed by atoms with Crippen LogP contribution in [0.15, 0.2) is 79.9 Å². The molecule has 1 unspecified atom stereocenters. The maximum Gasteiger partial charge on any atom is 0.313 e. The van der Waals surface area contributed by atoms with Crippen LogP contribution in [0.3, 0.4) is 0 Å². The summed E-state index contributed by atoms with van der Waals surface area (Å²) >= 11 is 3.70. The van der Waals surface area contributed by atoms with Gasteiger partial charge in [-0.25, -0.2) is 0 Å². The summed E-state index contributed by atoms with van der Waals surface area (Å²) in [5.74, 6) is -3.18. The number of hydrogen-bond donors (Lipinski definition) is 2. The predicted octanol–water partition coefficient (Wildman–Crippen LogP) is 4.10. The van der Waals surface area contributed by atoms with E-state index in [0.717, 1.165) is 0 Å². The highest BCUT2D eigenvalue weighted by atomic mass is 79.9. The van der Waals surface area contributed by atoms with Gasteiger partial charge in [0.25, 0.3) is 5.91 Å². The first-order valence-corrected chi connectivity index (χ1v) is 17.5.